The van der Waals surface area contributed by atoms with E-state index in [1.807, 2.05) is 6.07 Å². The summed E-state index contributed by atoms with van der Waals surface area (Å²) in [6.07, 6.45) is 1.43. The summed E-state index contributed by atoms with van der Waals surface area (Å²) in [7, 11) is 0. The van der Waals surface area contributed by atoms with Gasteiger partial charge in [-0.25, -0.2) is 0 Å². The van der Waals surface area contributed by atoms with Crippen LogP contribution in [0.5, 0.6) is 5.75 Å². The maximum absolute atomic E-state index is 12.0. The van der Waals surface area contributed by atoms with Crippen LogP contribution >= 0.6 is 0 Å². The highest BCUT2D eigenvalue weighted by Crippen LogP contribution is 2.14. The van der Waals surface area contributed by atoms with E-state index in [0.717, 1.165) is 32.8 Å². The molecule has 1 aromatic carbocycles. The molecule has 1 saturated heterocycles. The first kappa shape index (κ1) is 16.8. The van der Waals surface area contributed by atoms with Crippen molar-refractivity contribution in [2.24, 2.45) is 0 Å². The Kier molecular flexibility index (Phi) is 6.41. The smallest absolute Gasteiger partial charge is 0.267 e. The van der Waals surface area contributed by atoms with Gasteiger partial charge in [-0.1, -0.05) is 0 Å². The summed E-state index contributed by atoms with van der Waals surface area (Å²) in [5, 5.41) is 23.9. The number of ether oxygens (including phenoxy) is 1. The van der Waals surface area contributed by atoms with Crippen molar-refractivity contribution in [1.82, 2.24) is 10.2 Å². The Balaban J connectivity index is 1.79. The molecule has 0 aliphatic carbocycles. The average Bonchev–Trinajstić information content (AvgIpc) is 2.58. The van der Waals surface area contributed by atoms with Crippen LogP contribution in [-0.2, 0) is 9.53 Å². The molecule has 0 bridgehead atoms. The molecule has 2 rings (SSSR count). The number of morpholine rings is 1. The number of anilines is 1. The molecule has 23 heavy (non-hydrogen) atoms. The SMILES string of the molecule is N#C/C(=C/NCCN1CCOCC1)C(=O)Nc1ccc(O)cc1. The molecule has 0 spiro atoms. The molecule has 0 unspecified atom stereocenters. The number of hydrogen-bond donors (Lipinski definition) is 3. The molecule has 0 saturated carbocycles. The van der Waals surface area contributed by atoms with Gasteiger partial charge in [0.2, 0.25) is 0 Å². The quantitative estimate of drug-likeness (QED) is 0.309. The second-order valence-corrected chi connectivity index (χ2v) is 5.08. The Labute approximate surface area is 135 Å². The molecular weight excluding hydrogens is 296 g/mol. The summed E-state index contributed by atoms with van der Waals surface area (Å²) < 4.78 is 5.27. The molecule has 0 aromatic heterocycles. The third-order valence-corrected chi connectivity index (χ3v) is 3.41. The van der Waals surface area contributed by atoms with Crippen molar-refractivity contribution >= 4 is 11.6 Å². The lowest BCUT2D eigenvalue weighted by molar-refractivity contribution is -0.112. The van der Waals surface area contributed by atoms with Crippen LogP contribution in [0.1, 0.15) is 0 Å². The van der Waals surface area contributed by atoms with E-state index >= 15 is 0 Å². The Hall–Kier alpha value is -2.56. The Morgan fingerprint density at radius 3 is 2.70 bits per heavy atom. The van der Waals surface area contributed by atoms with Gasteiger partial charge in [0.05, 0.1) is 13.2 Å². The number of phenols is 1. The number of phenolic OH excluding ortho intramolecular Hbond substituents is 1. The van der Waals surface area contributed by atoms with Gasteiger partial charge in [0, 0.05) is 38.1 Å². The lowest BCUT2D eigenvalue weighted by Gasteiger charge is -2.26. The molecule has 7 nitrogen and oxygen atoms in total. The van der Waals surface area contributed by atoms with E-state index in [9.17, 15) is 9.90 Å². The predicted molar refractivity (Wildman–Crippen MR) is 85.7 cm³/mol. The van der Waals surface area contributed by atoms with Crippen LogP contribution in [0.3, 0.4) is 0 Å². The molecule has 0 radical (unpaired) electrons. The molecule has 1 aliphatic heterocycles. The maximum Gasteiger partial charge on any atom is 0.267 e. The number of benzene rings is 1. The molecule has 1 aliphatic rings. The van der Waals surface area contributed by atoms with E-state index in [4.69, 9.17) is 10.00 Å². The van der Waals surface area contributed by atoms with Crippen LogP contribution < -0.4 is 10.6 Å². The minimum atomic E-state index is -0.489. The molecule has 1 aromatic rings. The third-order valence-electron chi connectivity index (χ3n) is 3.41. The zero-order valence-corrected chi connectivity index (χ0v) is 12.8. The van der Waals surface area contributed by atoms with Gasteiger partial charge < -0.3 is 20.5 Å². The second kappa shape index (κ2) is 8.78. The predicted octanol–water partition coefficient (Wildman–Crippen LogP) is 0.660. The molecule has 1 heterocycles. The van der Waals surface area contributed by atoms with Gasteiger partial charge in [-0.2, -0.15) is 5.26 Å². The van der Waals surface area contributed by atoms with Crippen LogP contribution in [0.4, 0.5) is 5.69 Å². The van der Waals surface area contributed by atoms with Crippen molar-refractivity contribution in [3.05, 3.63) is 36.0 Å². The Morgan fingerprint density at radius 1 is 1.35 bits per heavy atom. The summed E-state index contributed by atoms with van der Waals surface area (Å²) in [6.45, 7) is 4.77. The molecule has 1 amide bonds. The standard InChI is InChI=1S/C16H20N4O3/c17-11-13(12-18-5-6-20-7-9-23-10-8-20)16(22)19-14-1-3-15(21)4-2-14/h1-4,12,18,21H,5-10H2,(H,19,22)/b13-12-. The van der Waals surface area contributed by atoms with E-state index < -0.39 is 5.91 Å². The number of nitrogens with zero attached hydrogens (tertiary/aromatic N) is 2. The number of aromatic hydroxyl groups is 1. The number of hydrogen-bond acceptors (Lipinski definition) is 6. The first-order chi connectivity index (χ1) is 11.2. The average molecular weight is 316 g/mol. The monoisotopic (exact) mass is 316 g/mol. The molecule has 0 atom stereocenters. The van der Waals surface area contributed by atoms with Crippen molar-refractivity contribution in [2.45, 2.75) is 0 Å². The summed E-state index contributed by atoms with van der Waals surface area (Å²) in [5.41, 5.74) is 0.516. The Morgan fingerprint density at radius 2 is 2.04 bits per heavy atom. The molecule has 1 fully saturated rings. The number of carbonyl (C=O) groups excluding carboxylic acids is 1. The molecule has 122 valence electrons. The highest BCUT2D eigenvalue weighted by Gasteiger charge is 2.10. The van der Waals surface area contributed by atoms with Crippen LogP contribution in [0.15, 0.2) is 36.0 Å². The molecule has 3 N–H and O–H groups in total. The number of nitrogens with one attached hydrogen (secondary N) is 2. The fourth-order valence-corrected chi connectivity index (χ4v) is 2.11. The van der Waals surface area contributed by atoms with Crippen LogP contribution in [0, 0.1) is 11.3 Å². The van der Waals surface area contributed by atoms with Gasteiger partial charge in [-0.3, -0.25) is 9.69 Å². The largest absolute Gasteiger partial charge is 0.508 e. The zero-order chi connectivity index (χ0) is 16.5. The van der Waals surface area contributed by atoms with Gasteiger partial charge in [0.15, 0.2) is 0 Å². The minimum Gasteiger partial charge on any atom is -0.508 e. The van der Waals surface area contributed by atoms with Gasteiger partial charge >= 0.3 is 0 Å². The van der Waals surface area contributed by atoms with Crippen molar-refractivity contribution in [1.29, 1.82) is 5.26 Å². The highest BCUT2D eigenvalue weighted by molar-refractivity contribution is 6.06. The minimum absolute atomic E-state index is 0.0000486. The van der Waals surface area contributed by atoms with Crippen molar-refractivity contribution in [3.8, 4) is 11.8 Å². The lowest BCUT2D eigenvalue weighted by atomic mass is 10.2. The van der Waals surface area contributed by atoms with Gasteiger partial charge in [0.25, 0.3) is 5.91 Å². The number of rotatable bonds is 6. The summed E-state index contributed by atoms with van der Waals surface area (Å²) in [6, 6.07) is 7.93. The van der Waals surface area contributed by atoms with Crippen LogP contribution in [0.2, 0.25) is 0 Å². The molecule has 7 heteroatoms. The van der Waals surface area contributed by atoms with Crippen LogP contribution in [-0.4, -0.2) is 55.3 Å². The summed E-state index contributed by atoms with van der Waals surface area (Å²) in [4.78, 5) is 14.2. The fraction of sp³-hybridized carbons (Fsp3) is 0.375. The van der Waals surface area contributed by atoms with Crippen molar-refractivity contribution < 1.29 is 14.6 Å². The van der Waals surface area contributed by atoms with E-state index in [2.05, 4.69) is 15.5 Å². The normalized spacial score (nSPS) is 15.7. The van der Waals surface area contributed by atoms with Crippen LogP contribution in [0.25, 0.3) is 0 Å². The fourth-order valence-electron chi connectivity index (χ4n) is 2.11. The number of carbonyl (C=O) groups is 1. The number of amides is 1. The number of nitriles is 1. The second-order valence-electron chi connectivity index (χ2n) is 5.08. The summed E-state index contributed by atoms with van der Waals surface area (Å²) >= 11 is 0. The zero-order valence-electron chi connectivity index (χ0n) is 12.8. The summed E-state index contributed by atoms with van der Waals surface area (Å²) in [5.74, 6) is -0.374. The first-order valence-electron chi connectivity index (χ1n) is 7.43. The third kappa shape index (κ3) is 5.62. The maximum atomic E-state index is 12.0. The van der Waals surface area contributed by atoms with E-state index in [1.54, 1.807) is 12.1 Å². The van der Waals surface area contributed by atoms with Crippen molar-refractivity contribution in [3.63, 3.8) is 0 Å². The Bertz CT molecular complexity index is 586. The van der Waals surface area contributed by atoms with E-state index in [1.165, 1.54) is 18.3 Å². The lowest BCUT2D eigenvalue weighted by Crippen LogP contribution is -2.39. The van der Waals surface area contributed by atoms with Crippen molar-refractivity contribution in [2.75, 3.05) is 44.7 Å². The van der Waals surface area contributed by atoms with Gasteiger partial charge in [0.1, 0.15) is 17.4 Å². The first-order valence-corrected chi connectivity index (χ1v) is 7.43. The van der Waals surface area contributed by atoms with E-state index in [0.29, 0.717) is 12.2 Å². The molecular formula is C16H20N4O3. The topological polar surface area (TPSA) is 97.6 Å². The highest BCUT2D eigenvalue weighted by atomic mass is 16.5. The van der Waals surface area contributed by atoms with Gasteiger partial charge in [-0.15, -0.1) is 0 Å². The van der Waals surface area contributed by atoms with E-state index in [-0.39, 0.29) is 11.3 Å². The van der Waals surface area contributed by atoms with Gasteiger partial charge in [-0.05, 0) is 24.3 Å².